The molecule has 0 radical (unpaired) electrons. The van der Waals surface area contributed by atoms with E-state index in [1.807, 2.05) is 0 Å². The number of imide groups is 1. The molecular weight excluding hydrogens is 292 g/mol. The molecule has 1 saturated heterocycles. The summed E-state index contributed by atoms with van der Waals surface area (Å²) in [7, 11) is 3.03. The molecule has 0 aromatic rings. The molecule has 0 spiro atoms. The summed E-state index contributed by atoms with van der Waals surface area (Å²) in [5.74, 6) is -2.65. The third-order valence-corrected chi connectivity index (χ3v) is 3.99. The molecule has 1 aliphatic rings. The largest absolute Gasteiger partial charge is 0.481 e. The Bertz CT molecular complexity index is 417. The number of carbonyl (C=O) groups is 4. The number of hydrogen-bond donors (Lipinski definition) is 2. The Hall–Kier alpha value is -1.96. The first kappa shape index (κ1) is 22.3. The zero-order chi connectivity index (χ0) is 16.9. The fraction of sp³-hybridized carbons (Fsp3) is 0.714. The van der Waals surface area contributed by atoms with Crippen LogP contribution in [0.4, 0.5) is 0 Å². The number of rotatable bonds is 3. The van der Waals surface area contributed by atoms with E-state index in [4.69, 9.17) is 5.11 Å². The second-order valence-electron chi connectivity index (χ2n) is 5.34. The first-order valence-electron chi connectivity index (χ1n) is 6.82. The summed E-state index contributed by atoms with van der Waals surface area (Å²) in [6, 6.07) is 0. The smallest absolute Gasteiger partial charge is 0.307 e. The predicted octanol–water partition coefficient (Wildman–Crippen LogP) is -0.478. The third kappa shape index (κ3) is 5.10. The fourth-order valence-corrected chi connectivity index (χ4v) is 1.82. The first-order chi connectivity index (χ1) is 9.56. The van der Waals surface area contributed by atoms with Gasteiger partial charge in [-0.15, -0.1) is 0 Å². The Kier molecular flexibility index (Phi) is 9.27. The molecule has 4 atom stereocenters. The number of aliphatic carboxylic acids is 1. The van der Waals surface area contributed by atoms with Crippen molar-refractivity contribution in [3.05, 3.63) is 0 Å². The van der Waals surface area contributed by atoms with Gasteiger partial charge < -0.3 is 15.9 Å². The molecule has 8 heteroatoms. The van der Waals surface area contributed by atoms with Crippen molar-refractivity contribution in [3.63, 3.8) is 0 Å². The van der Waals surface area contributed by atoms with Crippen LogP contribution in [0, 0.1) is 23.7 Å². The lowest BCUT2D eigenvalue weighted by molar-refractivity contribution is -0.146. The van der Waals surface area contributed by atoms with E-state index < -0.39 is 17.8 Å². The molecule has 4 unspecified atom stereocenters. The lowest BCUT2D eigenvalue weighted by Crippen LogP contribution is -2.32. The molecule has 8 nitrogen and oxygen atoms in total. The monoisotopic (exact) mass is 318 g/mol. The average molecular weight is 318 g/mol. The summed E-state index contributed by atoms with van der Waals surface area (Å²) in [5, 5.41) is 10.9. The van der Waals surface area contributed by atoms with Gasteiger partial charge in [-0.3, -0.25) is 24.1 Å². The normalized spacial score (nSPS) is 22.9. The topological polar surface area (TPSA) is 135 Å². The van der Waals surface area contributed by atoms with E-state index in [9.17, 15) is 19.2 Å². The standard InChI is InChI=1S/C7H13NO3.C7H11NO2.H2O/c1-4(6(9)8-3)5(2)7(10)11;1-4-5(2)7(10)8(3)6(4)9;/h4-5H,1-3H3,(H,8,9)(H,10,11);4-5H,1-3H3;1H2. The number of carbonyl (C=O) groups excluding carboxylic acids is 3. The maximum atomic E-state index is 11.0. The highest BCUT2D eigenvalue weighted by Gasteiger charge is 2.39. The van der Waals surface area contributed by atoms with Gasteiger partial charge in [-0.2, -0.15) is 0 Å². The van der Waals surface area contributed by atoms with E-state index in [1.165, 1.54) is 25.9 Å². The lowest BCUT2D eigenvalue weighted by atomic mass is 9.95. The van der Waals surface area contributed by atoms with Crippen LogP contribution in [0.25, 0.3) is 0 Å². The van der Waals surface area contributed by atoms with Gasteiger partial charge in [0.1, 0.15) is 0 Å². The molecule has 0 aromatic carbocycles. The van der Waals surface area contributed by atoms with Gasteiger partial charge in [0.15, 0.2) is 0 Å². The molecule has 0 saturated carbocycles. The Morgan fingerprint density at radius 2 is 1.45 bits per heavy atom. The third-order valence-electron chi connectivity index (χ3n) is 3.99. The van der Waals surface area contributed by atoms with Crippen molar-refractivity contribution >= 4 is 23.7 Å². The molecule has 1 fully saturated rings. The maximum Gasteiger partial charge on any atom is 0.307 e. The van der Waals surface area contributed by atoms with Crippen LogP contribution in [0.3, 0.4) is 0 Å². The Balaban J connectivity index is 0. The van der Waals surface area contributed by atoms with Crippen molar-refractivity contribution in [3.8, 4) is 0 Å². The fourth-order valence-electron chi connectivity index (χ4n) is 1.82. The van der Waals surface area contributed by atoms with Crippen LogP contribution in [0.5, 0.6) is 0 Å². The maximum absolute atomic E-state index is 11.0. The Labute approximate surface area is 130 Å². The van der Waals surface area contributed by atoms with E-state index in [-0.39, 0.29) is 35.0 Å². The van der Waals surface area contributed by atoms with E-state index in [0.717, 1.165) is 0 Å². The number of carboxylic acid groups (broad SMARTS) is 1. The van der Waals surface area contributed by atoms with Crippen LogP contribution in [0.2, 0.25) is 0 Å². The van der Waals surface area contributed by atoms with Crippen LogP contribution < -0.4 is 5.32 Å². The van der Waals surface area contributed by atoms with Gasteiger partial charge in [0, 0.05) is 31.8 Å². The molecule has 22 heavy (non-hydrogen) atoms. The molecule has 3 amide bonds. The molecule has 1 aliphatic heterocycles. The summed E-state index contributed by atoms with van der Waals surface area (Å²) in [6.07, 6.45) is 0. The minimum absolute atomic E-state index is 0. The Morgan fingerprint density at radius 1 is 1.09 bits per heavy atom. The molecule has 4 N–H and O–H groups in total. The summed E-state index contributed by atoms with van der Waals surface area (Å²) in [5.41, 5.74) is 0. The van der Waals surface area contributed by atoms with Gasteiger partial charge in [-0.25, -0.2) is 0 Å². The molecule has 0 aliphatic carbocycles. The van der Waals surface area contributed by atoms with E-state index in [0.29, 0.717) is 0 Å². The van der Waals surface area contributed by atoms with Crippen molar-refractivity contribution in [1.29, 1.82) is 0 Å². The SMILES string of the molecule is CC1C(=O)N(C)C(=O)C1C.CNC(=O)C(C)C(C)C(=O)O.O. The van der Waals surface area contributed by atoms with Crippen molar-refractivity contribution in [2.45, 2.75) is 27.7 Å². The van der Waals surface area contributed by atoms with Crippen LogP contribution in [-0.2, 0) is 19.2 Å². The highest BCUT2D eigenvalue weighted by Crippen LogP contribution is 2.23. The van der Waals surface area contributed by atoms with Gasteiger partial charge in [0.05, 0.1) is 5.92 Å². The minimum Gasteiger partial charge on any atom is -0.481 e. The quantitative estimate of drug-likeness (QED) is 0.678. The predicted molar refractivity (Wildman–Crippen MR) is 79.7 cm³/mol. The second-order valence-corrected chi connectivity index (χ2v) is 5.34. The average Bonchev–Trinajstić information content (AvgIpc) is 2.63. The number of amides is 3. The zero-order valence-electron chi connectivity index (χ0n) is 13.8. The van der Waals surface area contributed by atoms with Gasteiger partial charge in [-0.05, 0) is 0 Å². The number of nitrogens with zero attached hydrogens (tertiary/aromatic N) is 1. The second kappa shape index (κ2) is 9.14. The van der Waals surface area contributed by atoms with Crippen molar-refractivity contribution < 1.29 is 29.8 Å². The molecule has 1 heterocycles. The van der Waals surface area contributed by atoms with Crippen LogP contribution in [-0.4, -0.2) is 53.3 Å². The van der Waals surface area contributed by atoms with Crippen molar-refractivity contribution in [1.82, 2.24) is 10.2 Å². The number of nitrogens with one attached hydrogen (secondary N) is 1. The summed E-state index contributed by atoms with van der Waals surface area (Å²) in [4.78, 5) is 44.5. The number of hydrogen-bond acceptors (Lipinski definition) is 4. The van der Waals surface area contributed by atoms with E-state index >= 15 is 0 Å². The highest BCUT2D eigenvalue weighted by molar-refractivity contribution is 6.04. The molecule has 0 aromatic heterocycles. The van der Waals surface area contributed by atoms with Crippen LogP contribution in [0.1, 0.15) is 27.7 Å². The number of carboxylic acids is 1. The zero-order valence-corrected chi connectivity index (χ0v) is 13.8. The lowest BCUT2D eigenvalue weighted by Gasteiger charge is -2.13. The van der Waals surface area contributed by atoms with Gasteiger partial charge in [0.2, 0.25) is 17.7 Å². The van der Waals surface area contributed by atoms with Gasteiger partial charge in [-0.1, -0.05) is 27.7 Å². The Morgan fingerprint density at radius 3 is 1.64 bits per heavy atom. The van der Waals surface area contributed by atoms with Crippen LogP contribution >= 0.6 is 0 Å². The molecule has 1 rings (SSSR count). The van der Waals surface area contributed by atoms with Crippen molar-refractivity contribution in [2.24, 2.45) is 23.7 Å². The van der Waals surface area contributed by atoms with Crippen molar-refractivity contribution in [2.75, 3.05) is 14.1 Å². The molecule has 0 bridgehead atoms. The molecular formula is C14H26N2O6. The van der Waals surface area contributed by atoms with Gasteiger partial charge >= 0.3 is 5.97 Å². The molecule has 128 valence electrons. The summed E-state index contributed by atoms with van der Waals surface area (Å²) < 4.78 is 0. The van der Waals surface area contributed by atoms with E-state index in [1.54, 1.807) is 20.8 Å². The summed E-state index contributed by atoms with van der Waals surface area (Å²) >= 11 is 0. The van der Waals surface area contributed by atoms with Crippen LogP contribution in [0.15, 0.2) is 0 Å². The minimum atomic E-state index is -0.943. The van der Waals surface area contributed by atoms with E-state index in [2.05, 4.69) is 5.32 Å². The number of likely N-dealkylation sites (tertiary alicyclic amines) is 1. The van der Waals surface area contributed by atoms with Gasteiger partial charge in [0.25, 0.3) is 0 Å². The summed E-state index contributed by atoms with van der Waals surface area (Å²) in [6.45, 7) is 6.68. The first-order valence-corrected chi connectivity index (χ1v) is 6.82. The highest BCUT2D eigenvalue weighted by atomic mass is 16.4.